The summed E-state index contributed by atoms with van der Waals surface area (Å²) in [5.41, 5.74) is 9.21. The Morgan fingerprint density at radius 3 is 2.55 bits per heavy atom. The van der Waals surface area contributed by atoms with E-state index >= 15 is 0 Å². The van der Waals surface area contributed by atoms with Crippen molar-refractivity contribution in [2.24, 2.45) is 17.5 Å². The molecule has 1 aliphatic rings. The highest BCUT2D eigenvalue weighted by molar-refractivity contribution is 5.64. The molecule has 0 radical (unpaired) electrons. The lowest BCUT2D eigenvalue weighted by molar-refractivity contribution is 0.153. The zero-order valence-corrected chi connectivity index (χ0v) is 20.7. The number of ether oxygens (including phenoxy) is 1. The van der Waals surface area contributed by atoms with Gasteiger partial charge in [-0.15, -0.1) is 0 Å². The summed E-state index contributed by atoms with van der Waals surface area (Å²) in [6, 6.07) is 3.85. The van der Waals surface area contributed by atoms with Crippen LogP contribution in [0.1, 0.15) is 69.7 Å². The van der Waals surface area contributed by atoms with Crippen LogP contribution >= 0.6 is 0 Å². The molecule has 0 atom stereocenters. The standard InChI is InChI=1S/C24H39N7O2/c1-16(2)11-14-22-28-24(29-33-22)30(4)15-20(31(5)26)23(25)19-12-13-21(17(3)27-19)32-18-9-7-6-8-10-18/h12-13,16,18H,6-11,14-15,25-26H2,1-5H3/b23-20-. The molecule has 0 amide bonds. The molecule has 1 fully saturated rings. The van der Waals surface area contributed by atoms with E-state index in [4.69, 9.17) is 25.8 Å². The van der Waals surface area contributed by atoms with Gasteiger partial charge in [0.2, 0.25) is 5.89 Å². The van der Waals surface area contributed by atoms with Crippen LogP contribution < -0.4 is 21.2 Å². The molecule has 0 unspecified atom stereocenters. The van der Waals surface area contributed by atoms with Crippen molar-refractivity contribution >= 4 is 11.6 Å². The second kappa shape index (κ2) is 11.4. The van der Waals surface area contributed by atoms with Gasteiger partial charge in [0.1, 0.15) is 5.75 Å². The van der Waals surface area contributed by atoms with Gasteiger partial charge >= 0.3 is 0 Å². The Morgan fingerprint density at radius 1 is 1.18 bits per heavy atom. The zero-order chi connectivity index (χ0) is 24.0. The first kappa shape index (κ1) is 24.8. The van der Waals surface area contributed by atoms with E-state index in [9.17, 15) is 0 Å². The molecule has 0 bridgehead atoms. The van der Waals surface area contributed by atoms with Crippen molar-refractivity contribution in [2.45, 2.75) is 71.8 Å². The highest BCUT2D eigenvalue weighted by Gasteiger charge is 2.19. The average molecular weight is 458 g/mol. The van der Waals surface area contributed by atoms with Crippen molar-refractivity contribution in [3.63, 3.8) is 0 Å². The van der Waals surface area contributed by atoms with Crippen LogP contribution in [0.4, 0.5) is 5.95 Å². The first-order valence-electron chi connectivity index (χ1n) is 11.9. The smallest absolute Gasteiger partial charge is 0.266 e. The minimum Gasteiger partial charge on any atom is -0.489 e. The third-order valence-corrected chi connectivity index (χ3v) is 6.02. The largest absolute Gasteiger partial charge is 0.489 e. The van der Waals surface area contributed by atoms with Crippen LogP contribution in [-0.4, -0.2) is 46.9 Å². The van der Waals surface area contributed by atoms with E-state index in [0.29, 0.717) is 41.4 Å². The SMILES string of the molecule is Cc1nc(/C(N)=C(\CN(C)c2noc(CCC(C)C)n2)N(C)N)ccc1OC1CCCCC1. The predicted molar refractivity (Wildman–Crippen MR) is 130 cm³/mol. The Bertz CT molecular complexity index is 933. The Morgan fingerprint density at radius 2 is 1.91 bits per heavy atom. The highest BCUT2D eigenvalue weighted by Crippen LogP contribution is 2.26. The molecule has 1 saturated carbocycles. The molecule has 182 valence electrons. The van der Waals surface area contributed by atoms with Crippen molar-refractivity contribution in [2.75, 3.05) is 25.5 Å². The van der Waals surface area contributed by atoms with Crippen molar-refractivity contribution in [1.29, 1.82) is 0 Å². The summed E-state index contributed by atoms with van der Waals surface area (Å²) in [5, 5.41) is 5.61. The van der Waals surface area contributed by atoms with E-state index in [1.54, 1.807) is 7.05 Å². The molecule has 9 nitrogen and oxygen atoms in total. The number of aromatic nitrogens is 3. The van der Waals surface area contributed by atoms with Gasteiger partial charge in [-0.2, -0.15) is 4.98 Å². The average Bonchev–Trinajstić information content (AvgIpc) is 3.26. The number of pyridine rings is 1. The summed E-state index contributed by atoms with van der Waals surface area (Å²) in [4.78, 5) is 11.1. The summed E-state index contributed by atoms with van der Waals surface area (Å²) < 4.78 is 11.6. The molecule has 3 rings (SSSR count). The summed E-state index contributed by atoms with van der Waals surface area (Å²) >= 11 is 0. The van der Waals surface area contributed by atoms with Crippen LogP contribution in [0.2, 0.25) is 0 Å². The molecule has 0 aromatic carbocycles. The maximum atomic E-state index is 6.52. The first-order valence-corrected chi connectivity index (χ1v) is 11.9. The Kier molecular flexibility index (Phi) is 8.55. The fraction of sp³-hybridized carbons (Fsp3) is 0.625. The number of aryl methyl sites for hydroxylation is 2. The molecule has 0 spiro atoms. The van der Waals surface area contributed by atoms with Crippen LogP contribution in [0, 0.1) is 12.8 Å². The van der Waals surface area contributed by atoms with Gasteiger partial charge in [-0.1, -0.05) is 20.3 Å². The molecule has 0 saturated heterocycles. The molecule has 0 aliphatic heterocycles. The van der Waals surface area contributed by atoms with Crippen molar-refractivity contribution < 1.29 is 9.26 Å². The van der Waals surface area contributed by atoms with E-state index in [1.165, 1.54) is 24.3 Å². The molecular formula is C24H39N7O2. The normalized spacial score (nSPS) is 15.5. The van der Waals surface area contributed by atoms with Gasteiger partial charge in [-0.25, -0.2) is 10.8 Å². The second-order valence-corrected chi connectivity index (χ2v) is 9.41. The lowest BCUT2D eigenvalue weighted by atomic mass is 9.98. The Labute approximate surface area is 197 Å². The molecule has 33 heavy (non-hydrogen) atoms. The first-order chi connectivity index (χ1) is 15.7. The van der Waals surface area contributed by atoms with E-state index in [2.05, 4.69) is 24.0 Å². The van der Waals surface area contributed by atoms with E-state index < -0.39 is 0 Å². The molecule has 2 heterocycles. The van der Waals surface area contributed by atoms with Crippen LogP contribution in [-0.2, 0) is 6.42 Å². The molecule has 1 aliphatic carbocycles. The van der Waals surface area contributed by atoms with Gasteiger partial charge in [-0.3, -0.25) is 0 Å². The van der Waals surface area contributed by atoms with Crippen molar-refractivity contribution in [3.8, 4) is 5.75 Å². The maximum absolute atomic E-state index is 6.52. The fourth-order valence-electron chi connectivity index (χ4n) is 3.93. The lowest BCUT2D eigenvalue weighted by Crippen LogP contribution is -2.35. The number of rotatable bonds is 10. The second-order valence-electron chi connectivity index (χ2n) is 9.41. The van der Waals surface area contributed by atoms with Crippen LogP contribution in [0.5, 0.6) is 5.75 Å². The van der Waals surface area contributed by atoms with Gasteiger partial charge < -0.3 is 24.9 Å². The molecular weight excluding hydrogens is 418 g/mol. The van der Waals surface area contributed by atoms with E-state index in [-0.39, 0.29) is 6.10 Å². The number of nitrogens with two attached hydrogens (primary N) is 2. The summed E-state index contributed by atoms with van der Waals surface area (Å²) in [7, 11) is 3.64. The number of hydrogen-bond acceptors (Lipinski definition) is 9. The van der Waals surface area contributed by atoms with Gasteiger partial charge in [0.05, 0.1) is 35.4 Å². The Hall–Kier alpha value is -2.81. The number of nitrogens with zero attached hydrogens (tertiary/aromatic N) is 5. The van der Waals surface area contributed by atoms with Gasteiger partial charge in [0.25, 0.3) is 5.95 Å². The van der Waals surface area contributed by atoms with Gasteiger partial charge in [0, 0.05) is 20.5 Å². The topological polar surface area (TPSA) is 120 Å². The number of hydrazine groups is 1. The van der Waals surface area contributed by atoms with Gasteiger partial charge in [-0.05, 0) is 62.2 Å². The number of hydrogen-bond donors (Lipinski definition) is 2. The van der Waals surface area contributed by atoms with Gasteiger partial charge in [0.15, 0.2) is 0 Å². The molecule has 2 aromatic heterocycles. The minimum absolute atomic E-state index is 0.276. The van der Waals surface area contributed by atoms with Crippen LogP contribution in [0.3, 0.4) is 0 Å². The minimum atomic E-state index is 0.276. The summed E-state index contributed by atoms with van der Waals surface area (Å²) in [6.45, 7) is 6.70. The van der Waals surface area contributed by atoms with Crippen molar-refractivity contribution in [1.82, 2.24) is 20.1 Å². The van der Waals surface area contributed by atoms with Crippen LogP contribution in [0.15, 0.2) is 22.4 Å². The Balaban J connectivity index is 1.73. The van der Waals surface area contributed by atoms with E-state index in [1.807, 2.05) is 31.0 Å². The monoisotopic (exact) mass is 457 g/mol. The maximum Gasteiger partial charge on any atom is 0.266 e. The van der Waals surface area contributed by atoms with E-state index in [0.717, 1.165) is 37.1 Å². The predicted octanol–water partition coefficient (Wildman–Crippen LogP) is 3.64. The zero-order valence-electron chi connectivity index (χ0n) is 20.7. The van der Waals surface area contributed by atoms with Crippen LogP contribution in [0.25, 0.3) is 5.70 Å². The molecule has 4 N–H and O–H groups in total. The number of likely N-dealkylation sites (N-methyl/N-ethyl adjacent to an activating group) is 2. The quantitative estimate of drug-likeness (QED) is 0.407. The number of anilines is 1. The third-order valence-electron chi connectivity index (χ3n) is 6.02. The van der Waals surface area contributed by atoms with Crippen molar-refractivity contribution in [3.05, 3.63) is 35.1 Å². The highest BCUT2D eigenvalue weighted by atomic mass is 16.5. The summed E-state index contributed by atoms with van der Waals surface area (Å²) in [6.07, 6.45) is 8.00. The lowest BCUT2D eigenvalue weighted by Gasteiger charge is -2.25. The third kappa shape index (κ3) is 6.83. The summed E-state index contributed by atoms with van der Waals surface area (Å²) in [5.74, 6) is 8.66. The fourth-order valence-corrected chi connectivity index (χ4v) is 3.93. The molecule has 2 aromatic rings. The molecule has 9 heteroatoms.